The van der Waals surface area contributed by atoms with E-state index in [1.807, 2.05) is 18.4 Å². The van der Waals surface area contributed by atoms with Gasteiger partial charge in [0.2, 0.25) is 5.95 Å². The van der Waals surface area contributed by atoms with Crippen LogP contribution in [0.25, 0.3) is 11.2 Å². The number of nitrogen functional groups attached to an aromatic ring is 1. The summed E-state index contributed by atoms with van der Waals surface area (Å²) in [4.78, 5) is 37.2. The fraction of sp³-hybridized carbons (Fsp3) is 0.759. The Bertz CT molecular complexity index is 980. The maximum absolute atomic E-state index is 12.4. The van der Waals surface area contributed by atoms with E-state index in [1.54, 1.807) is 12.5 Å². The molecular formula is C29H50N6O4. The highest BCUT2D eigenvalue weighted by molar-refractivity contribution is 5.75. The maximum Gasteiger partial charge on any atom is 0.323 e. The number of nitrogens with two attached hydrogens (primary N) is 2. The molecule has 0 bridgehead atoms. The van der Waals surface area contributed by atoms with E-state index < -0.39 is 12.0 Å². The Kier molecular flexibility index (Phi) is 15.4. The van der Waals surface area contributed by atoms with E-state index >= 15 is 0 Å². The van der Waals surface area contributed by atoms with Crippen LogP contribution in [0.3, 0.4) is 0 Å². The summed E-state index contributed by atoms with van der Waals surface area (Å²) in [6.45, 7) is 6.82. The van der Waals surface area contributed by atoms with Gasteiger partial charge in [-0.1, -0.05) is 85.0 Å². The summed E-state index contributed by atoms with van der Waals surface area (Å²) in [5, 5.41) is 0. The highest BCUT2D eigenvalue weighted by Gasteiger charge is 2.22. The lowest BCUT2D eigenvalue weighted by Crippen LogP contribution is -2.38. The molecule has 4 N–H and O–H groups in total. The number of hydrogen-bond donors (Lipinski definition) is 2. The lowest BCUT2D eigenvalue weighted by molar-refractivity contribution is -0.150. The summed E-state index contributed by atoms with van der Waals surface area (Å²) < 4.78 is 12.9. The van der Waals surface area contributed by atoms with Crippen molar-refractivity contribution >= 4 is 29.1 Å². The number of esters is 2. The summed E-state index contributed by atoms with van der Waals surface area (Å²) in [5.41, 5.74) is 12.9. The number of nitrogens with zero attached hydrogens (tertiary/aromatic N) is 4. The smallest absolute Gasteiger partial charge is 0.323 e. The number of aromatic nitrogens is 4. The number of hydrogen-bond acceptors (Lipinski definition) is 9. The van der Waals surface area contributed by atoms with Crippen LogP contribution in [0.2, 0.25) is 0 Å². The third-order valence-electron chi connectivity index (χ3n) is 7.07. The number of unbranched alkanes of at least 4 members (excludes halogenated alkanes) is 10. The molecule has 2 rings (SSSR count). The Morgan fingerprint density at radius 3 is 2.18 bits per heavy atom. The Labute approximate surface area is 233 Å². The van der Waals surface area contributed by atoms with E-state index in [-0.39, 0.29) is 37.0 Å². The summed E-state index contributed by atoms with van der Waals surface area (Å²) in [5.74, 6) is -0.701. The zero-order valence-corrected chi connectivity index (χ0v) is 24.3. The molecule has 2 aromatic heterocycles. The Hall–Kier alpha value is -2.75. The van der Waals surface area contributed by atoms with E-state index in [1.165, 1.54) is 51.4 Å². The van der Waals surface area contributed by atoms with Crippen molar-refractivity contribution < 1.29 is 19.1 Å². The highest BCUT2D eigenvalue weighted by Crippen LogP contribution is 2.16. The first kappa shape index (κ1) is 32.5. The van der Waals surface area contributed by atoms with Crippen molar-refractivity contribution in [1.29, 1.82) is 0 Å². The van der Waals surface area contributed by atoms with Gasteiger partial charge in [-0.15, -0.1) is 0 Å². The summed E-state index contributed by atoms with van der Waals surface area (Å²) in [6, 6.07) is -0.688. The molecule has 0 aliphatic heterocycles. The number of rotatable bonds is 21. The second kappa shape index (κ2) is 18.5. The highest BCUT2D eigenvalue weighted by atomic mass is 16.5. The molecule has 2 atom stereocenters. The molecule has 10 nitrogen and oxygen atoms in total. The van der Waals surface area contributed by atoms with Gasteiger partial charge >= 0.3 is 11.9 Å². The van der Waals surface area contributed by atoms with Crippen LogP contribution >= 0.6 is 0 Å². The third-order valence-corrected chi connectivity index (χ3v) is 7.07. The molecule has 2 aromatic rings. The maximum atomic E-state index is 12.4. The Morgan fingerprint density at radius 2 is 1.54 bits per heavy atom. The first-order valence-corrected chi connectivity index (χ1v) is 14.8. The van der Waals surface area contributed by atoms with Gasteiger partial charge in [-0.25, -0.2) is 9.97 Å². The first-order chi connectivity index (χ1) is 18.8. The normalized spacial score (nSPS) is 13.1. The number of carbonyl (C=O) groups excluding carboxylic acids is 2. The number of ether oxygens (including phenoxy) is 2. The summed E-state index contributed by atoms with van der Waals surface area (Å²) in [6.07, 6.45) is 17.8. The molecule has 10 heteroatoms. The zero-order valence-electron chi connectivity index (χ0n) is 24.3. The van der Waals surface area contributed by atoms with E-state index in [0.29, 0.717) is 30.6 Å². The largest absolute Gasteiger partial charge is 0.465 e. The van der Waals surface area contributed by atoms with Gasteiger partial charge in [0.1, 0.15) is 11.6 Å². The second-order valence-electron chi connectivity index (χ2n) is 10.9. The van der Waals surface area contributed by atoms with E-state index in [0.717, 1.165) is 19.3 Å². The number of anilines is 1. The molecule has 2 heterocycles. The van der Waals surface area contributed by atoms with Crippen LogP contribution in [0.5, 0.6) is 0 Å². The molecule has 0 spiro atoms. The minimum atomic E-state index is -0.688. The number of aryl methyl sites for hydroxylation is 1. The molecule has 0 aliphatic carbocycles. The molecule has 0 aliphatic rings. The van der Waals surface area contributed by atoms with E-state index in [4.69, 9.17) is 20.9 Å². The van der Waals surface area contributed by atoms with Crippen molar-refractivity contribution in [2.24, 2.45) is 17.6 Å². The molecule has 0 aromatic carbocycles. The molecule has 0 saturated heterocycles. The number of fused-ring (bicyclic) bond motifs is 1. The summed E-state index contributed by atoms with van der Waals surface area (Å²) in [7, 11) is 0. The zero-order chi connectivity index (χ0) is 28.5. The average molecular weight is 547 g/mol. The van der Waals surface area contributed by atoms with Crippen molar-refractivity contribution in [2.75, 3.05) is 18.9 Å². The Morgan fingerprint density at radius 1 is 0.923 bits per heavy atom. The predicted octanol–water partition coefficient (Wildman–Crippen LogP) is 5.19. The molecule has 39 heavy (non-hydrogen) atoms. The molecule has 220 valence electrons. The van der Waals surface area contributed by atoms with E-state index in [2.05, 4.69) is 21.9 Å². The van der Waals surface area contributed by atoms with E-state index in [9.17, 15) is 9.59 Å². The summed E-state index contributed by atoms with van der Waals surface area (Å²) >= 11 is 0. The fourth-order valence-electron chi connectivity index (χ4n) is 4.35. The van der Waals surface area contributed by atoms with Crippen LogP contribution in [0.15, 0.2) is 12.5 Å². The van der Waals surface area contributed by atoms with Crippen LogP contribution in [0.1, 0.15) is 104 Å². The van der Waals surface area contributed by atoms with Crippen molar-refractivity contribution in [3.05, 3.63) is 12.5 Å². The van der Waals surface area contributed by atoms with Crippen LogP contribution in [0.4, 0.5) is 5.95 Å². The Balaban J connectivity index is 1.74. The van der Waals surface area contributed by atoms with Crippen molar-refractivity contribution in [2.45, 2.75) is 117 Å². The molecule has 0 radical (unpaired) electrons. The monoisotopic (exact) mass is 546 g/mol. The number of carbonyl (C=O) groups is 2. The van der Waals surface area contributed by atoms with Gasteiger partial charge in [-0.05, 0) is 18.8 Å². The second-order valence-corrected chi connectivity index (χ2v) is 10.9. The standard InChI is InChI=1S/C29H50N6O4/c1-4-5-6-7-8-9-10-11-12-13-14-15-25(36)38-19-23(20-39-28(37)26(30)22(2)3)16-17-35-21-33-24-18-32-29(31)34-27(24)35/h18,21-23,26H,4-17,19-20,30H2,1-3H3,(H2,31,32,34)/t23?,26-/m0/s1. The van der Waals surface area contributed by atoms with Crippen LogP contribution < -0.4 is 11.5 Å². The van der Waals surface area contributed by atoms with Crippen LogP contribution in [-0.2, 0) is 25.6 Å². The van der Waals surface area contributed by atoms with Gasteiger partial charge < -0.3 is 25.5 Å². The van der Waals surface area contributed by atoms with Crippen LogP contribution in [0, 0.1) is 11.8 Å². The molecule has 1 unspecified atom stereocenters. The molecule has 0 saturated carbocycles. The van der Waals surface area contributed by atoms with Gasteiger partial charge in [0.05, 0.1) is 25.7 Å². The minimum absolute atomic E-state index is 0.0259. The molecular weight excluding hydrogens is 496 g/mol. The molecule has 0 amide bonds. The predicted molar refractivity (Wildman–Crippen MR) is 154 cm³/mol. The van der Waals surface area contributed by atoms with Gasteiger partial charge in [-0.3, -0.25) is 9.59 Å². The van der Waals surface area contributed by atoms with Gasteiger partial charge in [-0.2, -0.15) is 4.98 Å². The SMILES string of the molecule is CCCCCCCCCCCCCC(=O)OCC(CCn1cnc2cnc(N)nc21)COC(=O)[C@@H](N)C(C)C. The average Bonchev–Trinajstić information content (AvgIpc) is 3.32. The molecule has 0 fully saturated rings. The van der Waals surface area contributed by atoms with Gasteiger partial charge in [0, 0.05) is 18.9 Å². The first-order valence-electron chi connectivity index (χ1n) is 14.8. The lowest BCUT2D eigenvalue weighted by atomic mass is 10.1. The van der Waals surface area contributed by atoms with Crippen LogP contribution in [-0.4, -0.2) is 50.7 Å². The van der Waals surface area contributed by atoms with Gasteiger partial charge in [0.25, 0.3) is 0 Å². The quantitative estimate of drug-likeness (QED) is 0.159. The van der Waals surface area contributed by atoms with Gasteiger partial charge in [0.15, 0.2) is 5.65 Å². The fourth-order valence-corrected chi connectivity index (χ4v) is 4.35. The topological polar surface area (TPSA) is 148 Å². The van der Waals surface area contributed by atoms with Crippen molar-refractivity contribution in [3.63, 3.8) is 0 Å². The van der Waals surface area contributed by atoms with Crippen molar-refractivity contribution in [1.82, 2.24) is 19.5 Å². The minimum Gasteiger partial charge on any atom is -0.465 e. The third kappa shape index (κ3) is 12.8. The lowest BCUT2D eigenvalue weighted by Gasteiger charge is -2.20. The number of imidazole rings is 1. The van der Waals surface area contributed by atoms with Crippen molar-refractivity contribution in [3.8, 4) is 0 Å².